The summed E-state index contributed by atoms with van der Waals surface area (Å²) in [4.78, 5) is 15.3. The maximum absolute atomic E-state index is 13.1. The fraction of sp³-hybridized carbons (Fsp3) is 0.250. The Hall–Kier alpha value is -1.99. The molecule has 3 N–H and O–H groups in total. The van der Waals surface area contributed by atoms with E-state index in [2.05, 4.69) is 15.5 Å². The van der Waals surface area contributed by atoms with Crippen molar-refractivity contribution in [3.05, 3.63) is 36.0 Å². The van der Waals surface area contributed by atoms with Crippen molar-refractivity contribution in [2.45, 2.75) is 13.0 Å². The normalized spacial score (nSPS) is 11.6. The Morgan fingerprint density at radius 2 is 2.30 bits per heavy atom. The van der Waals surface area contributed by atoms with Gasteiger partial charge in [-0.05, 0) is 19.1 Å². The molecular weight excluding hydrogens is 287 g/mol. The third kappa shape index (κ3) is 3.75. The van der Waals surface area contributed by atoms with Crippen molar-refractivity contribution in [2.24, 2.45) is 5.73 Å². The van der Waals surface area contributed by atoms with Crippen LogP contribution in [0.2, 0.25) is 0 Å². The van der Waals surface area contributed by atoms with Crippen LogP contribution in [0.1, 0.15) is 18.9 Å². The van der Waals surface area contributed by atoms with E-state index in [0.717, 1.165) is 0 Å². The molecule has 0 saturated heterocycles. The third-order valence-electron chi connectivity index (χ3n) is 2.46. The summed E-state index contributed by atoms with van der Waals surface area (Å²) in [5.74, 6) is -0.198. The zero-order valence-electron chi connectivity index (χ0n) is 10.7. The SMILES string of the molecule is CC(NC(=O)CN)c1nc(-c2cccc(F)c2)no1.Cl. The molecule has 0 fully saturated rings. The van der Waals surface area contributed by atoms with Gasteiger partial charge in [0.2, 0.25) is 17.6 Å². The van der Waals surface area contributed by atoms with E-state index in [-0.39, 0.29) is 42.4 Å². The van der Waals surface area contributed by atoms with Crippen molar-refractivity contribution in [3.63, 3.8) is 0 Å². The second kappa shape index (κ2) is 6.97. The van der Waals surface area contributed by atoms with Crippen LogP contribution in [-0.4, -0.2) is 22.6 Å². The molecule has 0 aliphatic carbocycles. The first-order chi connectivity index (χ1) is 9.10. The lowest BCUT2D eigenvalue weighted by Crippen LogP contribution is -2.32. The van der Waals surface area contributed by atoms with Crippen LogP contribution in [0.25, 0.3) is 11.4 Å². The first-order valence-electron chi connectivity index (χ1n) is 5.69. The van der Waals surface area contributed by atoms with Crippen LogP contribution in [0.4, 0.5) is 4.39 Å². The van der Waals surface area contributed by atoms with Crippen LogP contribution in [0, 0.1) is 5.82 Å². The smallest absolute Gasteiger partial charge is 0.249 e. The molecule has 108 valence electrons. The van der Waals surface area contributed by atoms with Crippen LogP contribution < -0.4 is 11.1 Å². The number of nitrogens with two attached hydrogens (primary N) is 1. The first kappa shape index (κ1) is 16.1. The third-order valence-corrected chi connectivity index (χ3v) is 2.46. The lowest BCUT2D eigenvalue weighted by molar-refractivity contribution is -0.120. The van der Waals surface area contributed by atoms with E-state index < -0.39 is 6.04 Å². The van der Waals surface area contributed by atoms with Gasteiger partial charge in [-0.25, -0.2) is 4.39 Å². The number of aromatic nitrogens is 2. The lowest BCUT2D eigenvalue weighted by Gasteiger charge is -2.07. The topological polar surface area (TPSA) is 94.0 Å². The zero-order chi connectivity index (χ0) is 13.8. The second-order valence-electron chi connectivity index (χ2n) is 3.96. The Bertz CT molecular complexity index is 590. The van der Waals surface area contributed by atoms with Crippen LogP contribution in [0.3, 0.4) is 0 Å². The number of rotatable bonds is 4. The minimum Gasteiger partial charge on any atom is -0.343 e. The Balaban J connectivity index is 0.00000200. The summed E-state index contributed by atoms with van der Waals surface area (Å²) in [6.45, 7) is 1.58. The summed E-state index contributed by atoms with van der Waals surface area (Å²) < 4.78 is 18.1. The van der Waals surface area contributed by atoms with Gasteiger partial charge in [0.25, 0.3) is 0 Å². The quantitative estimate of drug-likeness (QED) is 0.891. The molecule has 1 amide bonds. The van der Waals surface area contributed by atoms with E-state index in [9.17, 15) is 9.18 Å². The monoisotopic (exact) mass is 300 g/mol. The Labute approximate surface area is 121 Å². The molecule has 1 aromatic carbocycles. The Kier molecular flexibility index (Phi) is 5.60. The molecule has 0 radical (unpaired) electrons. The van der Waals surface area contributed by atoms with E-state index in [1.807, 2.05) is 0 Å². The Morgan fingerprint density at radius 3 is 2.95 bits per heavy atom. The molecule has 2 aromatic rings. The molecular formula is C12H14ClFN4O2. The van der Waals surface area contributed by atoms with Crippen molar-refractivity contribution < 1.29 is 13.7 Å². The van der Waals surface area contributed by atoms with E-state index in [1.165, 1.54) is 12.1 Å². The summed E-state index contributed by atoms with van der Waals surface area (Å²) >= 11 is 0. The summed E-state index contributed by atoms with van der Waals surface area (Å²) in [5.41, 5.74) is 5.70. The molecule has 0 aliphatic heterocycles. The van der Waals surface area contributed by atoms with Crippen molar-refractivity contribution >= 4 is 18.3 Å². The van der Waals surface area contributed by atoms with Crippen molar-refractivity contribution in [1.29, 1.82) is 0 Å². The molecule has 2 rings (SSSR count). The highest BCUT2D eigenvalue weighted by Gasteiger charge is 2.16. The van der Waals surface area contributed by atoms with Crippen LogP contribution >= 0.6 is 12.4 Å². The fourth-order valence-electron chi connectivity index (χ4n) is 1.52. The molecule has 1 atom stereocenters. The van der Waals surface area contributed by atoms with Gasteiger partial charge < -0.3 is 15.6 Å². The standard InChI is InChI=1S/C12H13FN4O2.ClH/c1-7(15-10(18)6-14)12-16-11(17-19-12)8-3-2-4-9(13)5-8;/h2-5,7H,6,14H2,1H3,(H,15,18);1H. The number of carbonyl (C=O) groups excluding carboxylic acids is 1. The van der Waals surface area contributed by atoms with Crippen LogP contribution in [0.15, 0.2) is 28.8 Å². The minimum absolute atomic E-state index is 0. The number of halogens is 2. The van der Waals surface area contributed by atoms with E-state index in [0.29, 0.717) is 5.56 Å². The van der Waals surface area contributed by atoms with Crippen molar-refractivity contribution in [2.75, 3.05) is 6.54 Å². The van der Waals surface area contributed by atoms with Crippen molar-refractivity contribution in [3.8, 4) is 11.4 Å². The van der Waals surface area contributed by atoms with Crippen molar-refractivity contribution in [1.82, 2.24) is 15.5 Å². The van der Waals surface area contributed by atoms with E-state index >= 15 is 0 Å². The number of carbonyl (C=O) groups is 1. The predicted molar refractivity (Wildman–Crippen MR) is 72.6 cm³/mol. The molecule has 20 heavy (non-hydrogen) atoms. The summed E-state index contributed by atoms with van der Waals surface area (Å²) in [5, 5.41) is 6.33. The van der Waals surface area contributed by atoms with E-state index in [1.54, 1.807) is 19.1 Å². The molecule has 1 heterocycles. The van der Waals surface area contributed by atoms with Gasteiger partial charge in [-0.2, -0.15) is 4.98 Å². The zero-order valence-corrected chi connectivity index (χ0v) is 11.5. The molecule has 0 aliphatic rings. The number of amides is 1. The molecule has 1 aromatic heterocycles. The van der Waals surface area contributed by atoms with Crippen LogP contribution in [-0.2, 0) is 4.79 Å². The first-order valence-corrected chi connectivity index (χ1v) is 5.69. The predicted octanol–water partition coefficient (Wildman–Crippen LogP) is 1.43. The average molecular weight is 301 g/mol. The highest BCUT2D eigenvalue weighted by Crippen LogP contribution is 2.19. The largest absolute Gasteiger partial charge is 0.343 e. The summed E-state index contributed by atoms with van der Waals surface area (Å²) in [6, 6.07) is 5.40. The maximum atomic E-state index is 13.1. The molecule has 0 saturated carbocycles. The molecule has 0 bridgehead atoms. The van der Waals surface area contributed by atoms with Gasteiger partial charge in [0.1, 0.15) is 11.9 Å². The molecule has 0 spiro atoms. The highest BCUT2D eigenvalue weighted by atomic mass is 35.5. The number of nitrogens with zero attached hydrogens (tertiary/aromatic N) is 2. The van der Waals surface area contributed by atoms with Gasteiger partial charge in [-0.3, -0.25) is 4.79 Å². The average Bonchev–Trinajstić information content (AvgIpc) is 2.88. The highest BCUT2D eigenvalue weighted by molar-refractivity contribution is 5.85. The molecule has 8 heteroatoms. The lowest BCUT2D eigenvalue weighted by atomic mass is 10.2. The number of benzene rings is 1. The molecule has 1 unspecified atom stereocenters. The van der Waals surface area contributed by atoms with Gasteiger partial charge in [-0.15, -0.1) is 12.4 Å². The fourth-order valence-corrected chi connectivity index (χ4v) is 1.52. The number of hydrogen-bond acceptors (Lipinski definition) is 5. The van der Waals surface area contributed by atoms with Crippen LogP contribution in [0.5, 0.6) is 0 Å². The van der Waals surface area contributed by atoms with E-state index in [4.69, 9.17) is 10.3 Å². The summed E-state index contributed by atoms with van der Waals surface area (Å²) in [6.07, 6.45) is 0. The minimum atomic E-state index is -0.453. The second-order valence-corrected chi connectivity index (χ2v) is 3.96. The van der Waals surface area contributed by atoms with Gasteiger partial charge in [0.15, 0.2) is 0 Å². The van der Waals surface area contributed by atoms with Gasteiger partial charge >= 0.3 is 0 Å². The number of nitrogens with one attached hydrogen (secondary N) is 1. The van der Waals surface area contributed by atoms with Gasteiger partial charge in [0, 0.05) is 5.56 Å². The summed E-state index contributed by atoms with van der Waals surface area (Å²) in [7, 11) is 0. The molecule has 6 nitrogen and oxygen atoms in total. The van der Waals surface area contributed by atoms with Gasteiger partial charge in [0.05, 0.1) is 6.54 Å². The van der Waals surface area contributed by atoms with Gasteiger partial charge in [-0.1, -0.05) is 17.3 Å². The Morgan fingerprint density at radius 1 is 1.55 bits per heavy atom. The maximum Gasteiger partial charge on any atom is 0.249 e. The number of hydrogen-bond donors (Lipinski definition) is 2.